The predicted molar refractivity (Wildman–Crippen MR) is 78.4 cm³/mol. The Balaban J connectivity index is 1.95. The Labute approximate surface area is 123 Å². The number of nitrogens with zero attached hydrogens (tertiary/aromatic N) is 1. The van der Waals surface area contributed by atoms with Crippen LogP contribution in [0.25, 0.3) is 0 Å². The van der Waals surface area contributed by atoms with Gasteiger partial charge in [-0.15, -0.1) is 0 Å². The number of aromatic hydroxyl groups is 1. The second-order valence-corrected chi connectivity index (χ2v) is 4.87. The van der Waals surface area contributed by atoms with E-state index in [1.54, 1.807) is 31.3 Å². The summed E-state index contributed by atoms with van der Waals surface area (Å²) in [6.45, 7) is 2.51. The quantitative estimate of drug-likeness (QED) is 0.713. The number of pyridine rings is 1. The number of halogens is 1. The van der Waals surface area contributed by atoms with Gasteiger partial charge in [-0.3, -0.25) is 4.98 Å². The van der Waals surface area contributed by atoms with Crippen molar-refractivity contribution in [3.8, 4) is 5.75 Å². The van der Waals surface area contributed by atoms with E-state index in [4.69, 9.17) is 0 Å². The number of benzene rings is 1. The molecule has 0 aliphatic rings. The van der Waals surface area contributed by atoms with E-state index < -0.39 is 0 Å². The summed E-state index contributed by atoms with van der Waals surface area (Å²) >= 11 is 0. The Kier molecular flexibility index (Phi) is 5.25. The molecule has 0 saturated carbocycles. The number of hydrogen-bond donors (Lipinski definition) is 3. The van der Waals surface area contributed by atoms with Gasteiger partial charge in [-0.25, -0.2) is 4.39 Å². The highest BCUT2D eigenvalue weighted by molar-refractivity contribution is 5.40. The van der Waals surface area contributed by atoms with Crippen LogP contribution in [-0.4, -0.2) is 21.7 Å². The van der Waals surface area contributed by atoms with Gasteiger partial charge in [-0.2, -0.15) is 0 Å². The fourth-order valence-corrected chi connectivity index (χ4v) is 2.16. The minimum Gasteiger partial charge on any atom is -0.506 e. The first-order valence-electron chi connectivity index (χ1n) is 6.84. The summed E-state index contributed by atoms with van der Waals surface area (Å²) in [5, 5.41) is 22.4. The van der Waals surface area contributed by atoms with Crippen LogP contribution in [0.4, 0.5) is 4.39 Å². The first-order valence-corrected chi connectivity index (χ1v) is 6.84. The summed E-state index contributed by atoms with van der Waals surface area (Å²) in [6, 6.07) is 6.67. The summed E-state index contributed by atoms with van der Waals surface area (Å²) in [5.74, 6) is -0.113. The van der Waals surface area contributed by atoms with Gasteiger partial charge in [-0.05, 0) is 31.5 Å². The minimum absolute atomic E-state index is 0.0972. The van der Waals surface area contributed by atoms with E-state index >= 15 is 0 Å². The maximum atomic E-state index is 13.5. The van der Waals surface area contributed by atoms with Crippen LogP contribution in [0.1, 0.15) is 22.4 Å². The molecule has 0 aliphatic heterocycles. The van der Waals surface area contributed by atoms with E-state index in [2.05, 4.69) is 10.3 Å². The molecule has 2 rings (SSSR count). The van der Waals surface area contributed by atoms with Crippen molar-refractivity contribution in [3.63, 3.8) is 0 Å². The maximum Gasteiger partial charge on any atom is 0.141 e. The van der Waals surface area contributed by atoms with Crippen LogP contribution in [0, 0.1) is 12.7 Å². The van der Waals surface area contributed by atoms with Gasteiger partial charge in [0.1, 0.15) is 11.6 Å². The first-order chi connectivity index (χ1) is 10.1. The maximum absolute atomic E-state index is 13.5. The zero-order valence-electron chi connectivity index (χ0n) is 11.9. The molecule has 0 unspecified atom stereocenters. The molecule has 5 heteroatoms. The highest BCUT2D eigenvalue weighted by Gasteiger charge is 2.10. The molecule has 0 fully saturated rings. The molecule has 0 atom stereocenters. The molecule has 0 bridgehead atoms. The molecule has 1 heterocycles. The molecular formula is C16H19FN2O2. The Morgan fingerprint density at radius 1 is 1.24 bits per heavy atom. The number of aromatic nitrogens is 1. The van der Waals surface area contributed by atoms with Gasteiger partial charge in [-0.1, -0.05) is 18.2 Å². The summed E-state index contributed by atoms with van der Waals surface area (Å²) in [4.78, 5) is 4.01. The van der Waals surface area contributed by atoms with Crippen LogP contribution in [0.3, 0.4) is 0 Å². The van der Waals surface area contributed by atoms with Gasteiger partial charge >= 0.3 is 0 Å². The number of aryl methyl sites for hydroxylation is 1. The number of aliphatic hydroxyl groups is 1. The van der Waals surface area contributed by atoms with Crippen molar-refractivity contribution in [2.75, 3.05) is 6.54 Å². The number of nitrogens with one attached hydrogen (secondary N) is 1. The third-order valence-corrected chi connectivity index (χ3v) is 3.43. The summed E-state index contributed by atoms with van der Waals surface area (Å²) < 4.78 is 13.5. The third-order valence-electron chi connectivity index (χ3n) is 3.43. The molecule has 0 saturated heterocycles. The van der Waals surface area contributed by atoms with Crippen molar-refractivity contribution >= 4 is 0 Å². The largest absolute Gasteiger partial charge is 0.506 e. The van der Waals surface area contributed by atoms with Gasteiger partial charge < -0.3 is 15.5 Å². The molecule has 2 aromatic rings. The summed E-state index contributed by atoms with van der Waals surface area (Å²) in [7, 11) is 0. The van der Waals surface area contributed by atoms with Gasteiger partial charge in [0.2, 0.25) is 0 Å². The molecule has 0 radical (unpaired) electrons. The highest BCUT2D eigenvalue weighted by Crippen LogP contribution is 2.23. The Morgan fingerprint density at radius 2 is 2.00 bits per heavy atom. The topological polar surface area (TPSA) is 65.4 Å². The molecule has 0 spiro atoms. The number of rotatable bonds is 6. The standard InChI is InChI=1S/C16H19FN2O2/c1-11-16(21)14(13(10-20)8-19-11)9-18-7-6-12-4-2-3-5-15(12)17/h2-5,8,18,20-21H,6-7,9-10H2,1H3. The van der Waals surface area contributed by atoms with E-state index in [9.17, 15) is 14.6 Å². The van der Waals surface area contributed by atoms with E-state index in [0.717, 1.165) is 0 Å². The lowest BCUT2D eigenvalue weighted by Gasteiger charge is -2.12. The van der Waals surface area contributed by atoms with Crippen LogP contribution in [0.5, 0.6) is 5.75 Å². The number of hydrogen-bond acceptors (Lipinski definition) is 4. The van der Waals surface area contributed by atoms with Crippen molar-refractivity contribution in [2.24, 2.45) is 0 Å². The Morgan fingerprint density at radius 3 is 2.71 bits per heavy atom. The van der Waals surface area contributed by atoms with Gasteiger partial charge in [0.25, 0.3) is 0 Å². The zero-order chi connectivity index (χ0) is 15.2. The Bertz CT molecular complexity index is 617. The third kappa shape index (κ3) is 3.77. The molecule has 21 heavy (non-hydrogen) atoms. The van der Waals surface area contributed by atoms with Gasteiger partial charge in [0.15, 0.2) is 0 Å². The molecule has 1 aromatic carbocycles. The van der Waals surface area contributed by atoms with Crippen LogP contribution < -0.4 is 5.32 Å². The summed E-state index contributed by atoms with van der Waals surface area (Å²) in [6.07, 6.45) is 2.12. The molecule has 0 amide bonds. The predicted octanol–water partition coefficient (Wildman–Crippen LogP) is 2.06. The SMILES string of the molecule is Cc1ncc(CO)c(CNCCc2ccccc2F)c1O. The van der Waals surface area contributed by atoms with Crippen LogP contribution in [-0.2, 0) is 19.6 Å². The zero-order valence-corrected chi connectivity index (χ0v) is 11.9. The lowest BCUT2D eigenvalue weighted by molar-refractivity contribution is 0.278. The van der Waals surface area contributed by atoms with Crippen LogP contribution in [0.2, 0.25) is 0 Å². The van der Waals surface area contributed by atoms with Crippen LogP contribution in [0.15, 0.2) is 30.5 Å². The Hall–Kier alpha value is -1.98. The van der Waals surface area contributed by atoms with Gasteiger partial charge in [0, 0.05) is 23.9 Å². The average molecular weight is 290 g/mol. The molecular weight excluding hydrogens is 271 g/mol. The van der Waals surface area contributed by atoms with Crippen molar-refractivity contribution in [1.29, 1.82) is 0 Å². The van der Waals surface area contributed by atoms with Crippen molar-refractivity contribution < 1.29 is 14.6 Å². The highest BCUT2D eigenvalue weighted by atomic mass is 19.1. The smallest absolute Gasteiger partial charge is 0.141 e. The number of aliphatic hydroxyl groups excluding tert-OH is 1. The monoisotopic (exact) mass is 290 g/mol. The summed E-state index contributed by atoms with van der Waals surface area (Å²) in [5.41, 5.74) is 2.41. The fraction of sp³-hybridized carbons (Fsp3) is 0.312. The van der Waals surface area contributed by atoms with Crippen molar-refractivity contribution in [1.82, 2.24) is 10.3 Å². The molecule has 1 aromatic heterocycles. The molecule has 0 aliphatic carbocycles. The molecule has 112 valence electrons. The van der Waals surface area contributed by atoms with E-state index in [1.807, 2.05) is 0 Å². The van der Waals surface area contributed by atoms with E-state index in [-0.39, 0.29) is 18.2 Å². The molecule has 4 nitrogen and oxygen atoms in total. The second kappa shape index (κ2) is 7.15. The van der Waals surface area contributed by atoms with Crippen molar-refractivity contribution in [2.45, 2.75) is 26.5 Å². The minimum atomic E-state index is -0.210. The van der Waals surface area contributed by atoms with Crippen molar-refractivity contribution in [3.05, 3.63) is 58.7 Å². The normalized spacial score (nSPS) is 10.8. The van der Waals surface area contributed by atoms with E-state index in [1.165, 1.54) is 6.07 Å². The van der Waals surface area contributed by atoms with Gasteiger partial charge in [0.05, 0.1) is 12.3 Å². The average Bonchev–Trinajstić information content (AvgIpc) is 2.49. The second-order valence-electron chi connectivity index (χ2n) is 4.87. The lowest BCUT2D eigenvalue weighted by atomic mass is 10.1. The van der Waals surface area contributed by atoms with Crippen LogP contribution >= 0.6 is 0 Å². The molecule has 3 N–H and O–H groups in total. The fourth-order valence-electron chi connectivity index (χ4n) is 2.16. The lowest BCUT2D eigenvalue weighted by Crippen LogP contribution is -2.18. The van der Waals surface area contributed by atoms with E-state index in [0.29, 0.717) is 41.9 Å². The first kappa shape index (κ1) is 15.4.